The van der Waals surface area contributed by atoms with Gasteiger partial charge in [0.05, 0.1) is 12.3 Å². The van der Waals surface area contributed by atoms with E-state index in [1.807, 2.05) is 16.1 Å². The Morgan fingerprint density at radius 1 is 1.38 bits per heavy atom. The van der Waals surface area contributed by atoms with Crippen LogP contribution in [0.5, 0.6) is 0 Å². The molecule has 1 aliphatic heterocycles. The number of Topliss-reactive ketones (excluding diaryl/α,β-unsaturated/α-hetero) is 2. The van der Waals surface area contributed by atoms with Crippen LogP contribution in [0, 0.1) is 5.92 Å². The third kappa shape index (κ3) is 3.50. The van der Waals surface area contributed by atoms with Crippen molar-refractivity contribution in [2.75, 3.05) is 17.1 Å². The molecule has 1 aromatic rings. The summed E-state index contributed by atoms with van der Waals surface area (Å²) in [5.74, 6) is -2.11. The molecule has 1 unspecified atom stereocenters. The van der Waals surface area contributed by atoms with E-state index in [-0.39, 0.29) is 18.8 Å². The van der Waals surface area contributed by atoms with Crippen molar-refractivity contribution in [3.05, 3.63) is 29.8 Å². The van der Waals surface area contributed by atoms with Crippen molar-refractivity contribution in [2.45, 2.75) is 19.8 Å². The van der Waals surface area contributed by atoms with Crippen molar-refractivity contribution < 1.29 is 19.1 Å². The van der Waals surface area contributed by atoms with Crippen molar-refractivity contribution in [1.82, 2.24) is 0 Å². The smallest absolute Gasteiger partial charge is 0.374 e. The first-order valence-electron chi connectivity index (χ1n) is 6.81. The summed E-state index contributed by atoms with van der Waals surface area (Å²) in [7, 11) is 0. The van der Waals surface area contributed by atoms with Crippen LogP contribution < -0.4 is 3.93 Å². The molecule has 0 saturated heterocycles. The van der Waals surface area contributed by atoms with Gasteiger partial charge in [-0.2, -0.15) is 0 Å². The van der Waals surface area contributed by atoms with E-state index < -0.39 is 17.7 Å². The van der Waals surface area contributed by atoms with E-state index in [1.54, 1.807) is 19.1 Å². The van der Waals surface area contributed by atoms with Crippen LogP contribution in [0.2, 0.25) is 0 Å². The number of hydrogen-bond acceptors (Lipinski definition) is 5. The summed E-state index contributed by atoms with van der Waals surface area (Å²) in [5, 5.41) is 0. The van der Waals surface area contributed by atoms with Crippen LogP contribution in [0.1, 0.15) is 30.1 Å². The molecule has 0 N–H and O–H groups in total. The Bertz CT molecular complexity index is 573. The second-order valence-corrected chi connectivity index (χ2v) is 5.66. The van der Waals surface area contributed by atoms with Gasteiger partial charge in [0.1, 0.15) is 0 Å². The zero-order valence-corrected chi connectivity index (χ0v) is 13.3. The number of esters is 1. The van der Waals surface area contributed by atoms with Gasteiger partial charge in [-0.05, 0) is 25.5 Å². The van der Waals surface area contributed by atoms with Crippen LogP contribution in [0.3, 0.4) is 0 Å². The minimum absolute atomic E-state index is 0.104. The quantitative estimate of drug-likeness (QED) is 0.472. The summed E-state index contributed by atoms with van der Waals surface area (Å²) >= 11 is 3.42. The lowest BCUT2D eigenvalue weighted by Crippen LogP contribution is -2.25. The first kappa shape index (κ1) is 15.7. The summed E-state index contributed by atoms with van der Waals surface area (Å²) < 4.78 is 6.50. The maximum atomic E-state index is 12.5. The molecular formula is C15H16BrNO4. The largest absolute Gasteiger partial charge is 0.460 e. The first-order chi connectivity index (χ1) is 10.0. The number of halogens is 1. The maximum absolute atomic E-state index is 12.5. The summed E-state index contributed by atoms with van der Waals surface area (Å²) in [6.07, 6.45) is 0.400. The molecule has 1 aliphatic rings. The van der Waals surface area contributed by atoms with Gasteiger partial charge in [0.15, 0.2) is 5.78 Å². The molecule has 0 spiro atoms. The van der Waals surface area contributed by atoms with Gasteiger partial charge in [-0.3, -0.25) is 9.59 Å². The molecule has 1 aromatic carbocycles. The van der Waals surface area contributed by atoms with Gasteiger partial charge < -0.3 is 8.66 Å². The number of carbonyl (C=O) groups excluding carboxylic acids is 3. The number of carbonyl (C=O) groups is 3. The number of ketones is 2. The number of para-hydroxylation sites is 1. The van der Waals surface area contributed by atoms with Crippen LogP contribution in [0.4, 0.5) is 5.69 Å². The molecule has 0 radical (unpaired) electrons. The van der Waals surface area contributed by atoms with Crippen molar-refractivity contribution in [1.29, 1.82) is 0 Å². The van der Waals surface area contributed by atoms with Gasteiger partial charge in [-0.15, -0.1) is 0 Å². The lowest BCUT2D eigenvalue weighted by molar-refractivity contribution is -0.153. The van der Waals surface area contributed by atoms with Crippen molar-refractivity contribution in [2.24, 2.45) is 5.92 Å². The third-order valence-corrected chi connectivity index (χ3v) is 4.15. The van der Waals surface area contributed by atoms with E-state index in [9.17, 15) is 14.4 Å². The zero-order chi connectivity index (χ0) is 15.4. The van der Waals surface area contributed by atoms with Gasteiger partial charge >= 0.3 is 5.97 Å². The lowest BCUT2D eigenvalue weighted by Gasteiger charge is -2.14. The number of anilines is 1. The van der Waals surface area contributed by atoms with Crippen LogP contribution >= 0.6 is 16.1 Å². The van der Waals surface area contributed by atoms with Gasteiger partial charge in [-0.1, -0.05) is 12.1 Å². The molecule has 0 aromatic heterocycles. The molecule has 5 nitrogen and oxygen atoms in total. The highest BCUT2D eigenvalue weighted by Crippen LogP contribution is 2.32. The molecule has 112 valence electrons. The van der Waals surface area contributed by atoms with Gasteiger partial charge in [0.25, 0.3) is 0 Å². The van der Waals surface area contributed by atoms with E-state index in [0.717, 1.165) is 5.69 Å². The Hall–Kier alpha value is -1.69. The molecule has 0 saturated carbocycles. The van der Waals surface area contributed by atoms with Gasteiger partial charge in [-0.25, -0.2) is 4.79 Å². The molecule has 2 rings (SSSR count). The summed E-state index contributed by atoms with van der Waals surface area (Å²) in [6.45, 7) is 2.38. The number of benzene rings is 1. The monoisotopic (exact) mass is 353 g/mol. The van der Waals surface area contributed by atoms with Crippen molar-refractivity contribution in [3.63, 3.8) is 0 Å². The SMILES string of the molecule is CCOC(=O)C(=O)CC1CCN(Br)c2ccccc2C1=O. The standard InChI is InChI=1S/C15H16BrNO4/c1-2-21-15(20)13(18)9-10-7-8-17(16)12-6-4-3-5-11(12)14(10)19/h3-6,10H,2,7-9H2,1H3. The fourth-order valence-corrected chi connectivity index (χ4v) is 2.86. The summed E-state index contributed by atoms with van der Waals surface area (Å²) in [4.78, 5) is 35.8. The predicted octanol–water partition coefficient (Wildman–Crippen LogP) is 2.53. The van der Waals surface area contributed by atoms with Crippen molar-refractivity contribution in [3.8, 4) is 0 Å². The molecule has 0 fully saturated rings. The van der Waals surface area contributed by atoms with E-state index in [4.69, 9.17) is 0 Å². The number of hydrogen-bond donors (Lipinski definition) is 0. The molecule has 0 bridgehead atoms. The number of ether oxygens (including phenoxy) is 1. The second-order valence-electron chi connectivity index (χ2n) is 4.80. The minimum Gasteiger partial charge on any atom is -0.460 e. The topological polar surface area (TPSA) is 63.7 Å². The minimum atomic E-state index is -0.862. The Morgan fingerprint density at radius 2 is 2.10 bits per heavy atom. The predicted molar refractivity (Wildman–Crippen MR) is 81.4 cm³/mol. The average molecular weight is 354 g/mol. The lowest BCUT2D eigenvalue weighted by atomic mass is 9.91. The molecular weight excluding hydrogens is 338 g/mol. The maximum Gasteiger partial charge on any atom is 0.374 e. The Labute approximate surface area is 131 Å². The molecule has 6 heteroatoms. The van der Waals surface area contributed by atoms with Crippen molar-refractivity contribution >= 4 is 39.4 Å². The molecule has 21 heavy (non-hydrogen) atoms. The van der Waals surface area contributed by atoms with E-state index in [2.05, 4.69) is 20.9 Å². The summed E-state index contributed by atoms with van der Waals surface area (Å²) in [5.41, 5.74) is 1.35. The normalized spacial score (nSPS) is 17.9. The van der Waals surface area contributed by atoms with Crippen LogP contribution in [-0.2, 0) is 14.3 Å². The molecule has 1 heterocycles. The van der Waals surface area contributed by atoms with E-state index in [0.29, 0.717) is 18.5 Å². The number of fused-ring (bicyclic) bond motifs is 1. The van der Waals surface area contributed by atoms with Gasteiger partial charge in [0, 0.05) is 40.6 Å². The van der Waals surface area contributed by atoms with E-state index in [1.165, 1.54) is 0 Å². The molecule has 1 atom stereocenters. The highest BCUT2D eigenvalue weighted by Gasteiger charge is 2.31. The van der Waals surface area contributed by atoms with E-state index >= 15 is 0 Å². The zero-order valence-electron chi connectivity index (χ0n) is 11.7. The Kier molecular flexibility index (Phi) is 5.12. The Balaban J connectivity index is 2.18. The highest BCUT2D eigenvalue weighted by molar-refractivity contribution is 9.10. The van der Waals surface area contributed by atoms with Crippen LogP contribution in [0.15, 0.2) is 24.3 Å². The number of nitrogens with zero attached hydrogens (tertiary/aromatic N) is 1. The number of rotatable bonds is 4. The van der Waals surface area contributed by atoms with Gasteiger partial charge in [0.2, 0.25) is 5.78 Å². The van der Waals surface area contributed by atoms with Crippen LogP contribution in [-0.4, -0.2) is 30.7 Å². The second kappa shape index (κ2) is 6.85. The highest BCUT2D eigenvalue weighted by atomic mass is 79.9. The summed E-state index contributed by atoms with van der Waals surface area (Å²) in [6, 6.07) is 7.22. The molecule has 0 amide bonds. The molecule has 0 aliphatic carbocycles. The fraction of sp³-hybridized carbons (Fsp3) is 0.400. The Morgan fingerprint density at radius 3 is 2.81 bits per heavy atom. The first-order valence-corrected chi connectivity index (χ1v) is 7.52. The third-order valence-electron chi connectivity index (χ3n) is 3.41. The van der Waals surface area contributed by atoms with Crippen LogP contribution in [0.25, 0.3) is 0 Å². The average Bonchev–Trinajstić information content (AvgIpc) is 2.60. The fourth-order valence-electron chi connectivity index (χ4n) is 2.35.